The predicted molar refractivity (Wildman–Crippen MR) is 155 cm³/mol. The van der Waals surface area contributed by atoms with Gasteiger partial charge in [-0.3, -0.25) is 9.59 Å². The fraction of sp³-hybridized carbons (Fsp3) is 0.355. The van der Waals surface area contributed by atoms with Crippen LogP contribution < -0.4 is 18.9 Å². The van der Waals surface area contributed by atoms with Crippen LogP contribution in [0, 0.1) is 0 Å². The summed E-state index contributed by atoms with van der Waals surface area (Å²) in [6, 6.07) is 11.6. The van der Waals surface area contributed by atoms with Gasteiger partial charge in [0, 0.05) is 16.0 Å². The van der Waals surface area contributed by atoms with Crippen LogP contribution in [-0.4, -0.2) is 49.6 Å². The Morgan fingerprint density at radius 2 is 1.65 bits per heavy atom. The first-order valence-electron chi connectivity index (χ1n) is 12.9. The molecule has 9 heteroatoms. The molecular weight excluding hydrogens is 530 g/mol. The van der Waals surface area contributed by atoms with E-state index in [0.29, 0.717) is 40.7 Å². The molecule has 1 N–H and O–H groups in total. The summed E-state index contributed by atoms with van der Waals surface area (Å²) in [6.45, 7) is 8.73. The van der Waals surface area contributed by atoms with E-state index in [0.717, 1.165) is 10.4 Å². The number of hydrogen-bond donors (Lipinski definition) is 1. The van der Waals surface area contributed by atoms with Gasteiger partial charge in [0.15, 0.2) is 11.5 Å². The molecule has 0 radical (unpaired) electrons. The number of methoxy groups -OCH3 is 3. The first kappa shape index (κ1) is 29.0. The van der Waals surface area contributed by atoms with Gasteiger partial charge in [-0.25, -0.2) is 0 Å². The van der Waals surface area contributed by atoms with Crippen LogP contribution in [0.2, 0.25) is 0 Å². The molecular formula is C31H35NO7S. The van der Waals surface area contributed by atoms with Gasteiger partial charge < -0.3 is 29.0 Å². The summed E-state index contributed by atoms with van der Waals surface area (Å²) in [4.78, 5) is 29.5. The fourth-order valence-electron chi connectivity index (χ4n) is 4.92. The molecule has 212 valence electrons. The van der Waals surface area contributed by atoms with Gasteiger partial charge >= 0.3 is 0 Å². The molecule has 1 fully saturated rings. The highest BCUT2D eigenvalue weighted by Crippen LogP contribution is 2.46. The van der Waals surface area contributed by atoms with Crippen molar-refractivity contribution in [3.8, 4) is 23.0 Å². The number of likely N-dealkylation sites (tertiary alicyclic amines) is 1. The molecule has 1 saturated heterocycles. The van der Waals surface area contributed by atoms with E-state index < -0.39 is 17.7 Å². The van der Waals surface area contributed by atoms with Gasteiger partial charge in [0.25, 0.3) is 11.7 Å². The molecule has 4 rings (SSSR count). The van der Waals surface area contributed by atoms with Crippen LogP contribution in [0.25, 0.3) is 5.76 Å². The van der Waals surface area contributed by atoms with Gasteiger partial charge in [0.1, 0.15) is 11.5 Å². The second-order valence-corrected chi connectivity index (χ2v) is 11.4. The topological polar surface area (TPSA) is 94.5 Å². The first-order chi connectivity index (χ1) is 19.0. The number of Topliss-reactive ketones (excluding diaryl/α,β-unsaturated/α-hetero) is 1. The summed E-state index contributed by atoms with van der Waals surface area (Å²) < 4.78 is 22.4. The molecule has 8 nitrogen and oxygen atoms in total. The summed E-state index contributed by atoms with van der Waals surface area (Å²) in [5.74, 6) is 0.0921. The third kappa shape index (κ3) is 5.38. The van der Waals surface area contributed by atoms with E-state index in [1.165, 1.54) is 37.6 Å². The summed E-state index contributed by atoms with van der Waals surface area (Å²) in [7, 11) is 4.50. The Morgan fingerprint density at radius 1 is 0.975 bits per heavy atom. The van der Waals surface area contributed by atoms with Crippen LogP contribution in [0.15, 0.2) is 53.4 Å². The van der Waals surface area contributed by atoms with E-state index >= 15 is 0 Å². The van der Waals surface area contributed by atoms with Gasteiger partial charge in [-0.1, -0.05) is 26.8 Å². The van der Waals surface area contributed by atoms with Gasteiger partial charge in [0.05, 0.1) is 46.1 Å². The molecule has 0 aliphatic carbocycles. The van der Waals surface area contributed by atoms with Crippen LogP contribution >= 0.6 is 11.3 Å². The number of ketones is 1. The van der Waals surface area contributed by atoms with Crippen molar-refractivity contribution in [2.24, 2.45) is 0 Å². The van der Waals surface area contributed by atoms with Gasteiger partial charge in [-0.2, -0.15) is 0 Å². The Kier molecular flexibility index (Phi) is 8.44. The third-order valence-corrected chi connectivity index (χ3v) is 7.67. The van der Waals surface area contributed by atoms with Gasteiger partial charge in [-0.05, 0) is 59.7 Å². The quantitative estimate of drug-likeness (QED) is 0.191. The zero-order chi connectivity index (χ0) is 29.2. The minimum Gasteiger partial charge on any atom is -0.507 e. The zero-order valence-electron chi connectivity index (χ0n) is 23.9. The normalized spacial score (nSPS) is 16.8. The highest BCUT2D eigenvalue weighted by Gasteiger charge is 2.47. The molecule has 1 unspecified atom stereocenters. The van der Waals surface area contributed by atoms with Crippen LogP contribution in [0.1, 0.15) is 55.3 Å². The number of thiophene rings is 1. The summed E-state index contributed by atoms with van der Waals surface area (Å²) in [6.07, 6.45) is 0. The smallest absolute Gasteiger partial charge is 0.295 e. The highest BCUT2D eigenvalue weighted by molar-refractivity contribution is 7.09. The minimum absolute atomic E-state index is 0.0140. The van der Waals surface area contributed by atoms with Crippen molar-refractivity contribution in [2.75, 3.05) is 27.9 Å². The van der Waals surface area contributed by atoms with E-state index in [-0.39, 0.29) is 23.3 Å². The van der Waals surface area contributed by atoms with Crippen LogP contribution in [0.3, 0.4) is 0 Å². The molecule has 0 bridgehead atoms. The van der Waals surface area contributed by atoms with E-state index in [9.17, 15) is 14.7 Å². The average Bonchev–Trinajstić information content (AvgIpc) is 3.54. The first-order valence-corrected chi connectivity index (χ1v) is 13.8. The molecule has 3 aromatic rings. The van der Waals surface area contributed by atoms with Crippen molar-refractivity contribution in [3.05, 3.63) is 75.0 Å². The number of hydrogen-bond acceptors (Lipinski definition) is 8. The SMILES string of the molecule is CCOc1ccc(/C(O)=C2\C(=O)C(=O)N(Cc3cccs3)C2c2cc(OC)c(OC)c(OC)c2)cc1C(C)(C)C. The van der Waals surface area contributed by atoms with Crippen molar-refractivity contribution in [1.29, 1.82) is 0 Å². The monoisotopic (exact) mass is 565 g/mol. The van der Waals surface area contributed by atoms with Gasteiger partial charge in [-0.15, -0.1) is 11.3 Å². The number of ether oxygens (including phenoxy) is 4. The van der Waals surface area contributed by atoms with E-state index in [2.05, 4.69) is 0 Å². The largest absolute Gasteiger partial charge is 0.507 e. The van der Waals surface area contributed by atoms with E-state index in [1.807, 2.05) is 51.3 Å². The van der Waals surface area contributed by atoms with Crippen molar-refractivity contribution in [2.45, 2.75) is 45.7 Å². The standard InChI is InChI=1S/C31H35NO7S/c1-8-39-22-12-11-18(14-21(22)31(2,3)4)27(33)25-26(19-15-23(36-5)29(38-7)24(16-19)37-6)32(30(35)28(25)34)17-20-10-9-13-40-20/h9-16,26,33H,8,17H2,1-7H3/b27-25+. The number of nitrogens with zero attached hydrogens (tertiary/aromatic N) is 1. The maximum Gasteiger partial charge on any atom is 0.295 e. The Balaban J connectivity index is 1.96. The highest BCUT2D eigenvalue weighted by atomic mass is 32.1. The molecule has 1 amide bonds. The van der Waals surface area contributed by atoms with Crippen LogP contribution in [0.5, 0.6) is 23.0 Å². The number of benzene rings is 2. The van der Waals surface area contributed by atoms with E-state index in [1.54, 1.807) is 24.3 Å². The molecule has 1 aliphatic rings. The Hall–Kier alpha value is -3.98. The summed E-state index contributed by atoms with van der Waals surface area (Å²) >= 11 is 1.48. The number of aliphatic hydroxyl groups is 1. The number of amides is 1. The molecule has 2 heterocycles. The second-order valence-electron chi connectivity index (χ2n) is 10.4. The van der Waals surface area contributed by atoms with Crippen molar-refractivity contribution < 1.29 is 33.6 Å². The Labute approximate surface area is 238 Å². The fourth-order valence-corrected chi connectivity index (χ4v) is 5.62. The minimum atomic E-state index is -0.902. The maximum absolute atomic E-state index is 13.6. The second kappa shape index (κ2) is 11.6. The lowest BCUT2D eigenvalue weighted by Crippen LogP contribution is -2.29. The zero-order valence-corrected chi connectivity index (χ0v) is 24.7. The van der Waals surface area contributed by atoms with Crippen molar-refractivity contribution in [1.82, 2.24) is 4.90 Å². The number of rotatable bonds is 9. The number of carbonyl (C=O) groups is 2. The number of aliphatic hydroxyl groups excluding tert-OH is 1. The lowest BCUT2D eigenvalue weighted by atomic mass is 9.84. The lowest BCUT2D eigenvalue weighted by molar-refractivity contribution is -0.140. The van der Waals surface area contributed by atoms with Gasteiger partial charge in [0.2, 0.25) is 5.75 Å². The Bertz CT molecular complexity index is 1410. The Morgan fingerprint density at radius 3 is 2.17 bits per heavy atom. The maximum atomic E-state index is 13.6. The lowest BCUT2D eigenvalue weighted by Gasteiger charge is -2.26. The third-order valence-electron chi connectivity index (χ3n) is 6.81. The average molecular weight is 566 g/mol. The van der Waals surface area contributed by atoms with Crippen LogP contribution in [0.4, 0.5) is 0 Å². The van der Waals surface area contributed by atoms with Crippen LogP contribution in [-0.2, 0) is 21.5 Å². The van der Waals surface area contributed by atoms with Crippen molar-refractivity contribution in [3.63, 3.8) is 0 Å². The molecule has 1 aromatic heterocycles. The molecule has 0 saturated carbocycles. The summed E-state index contributed by atoms with van der Waals surface area (Å²) in [5.41, 5.74) is 1.51. The molecule has 2 aromatic carbocycles. The van der Waals surface area contributed by atoms with Crippen molar-refractivity contribution >= 4 is 28.8 Å². The summed E-state index contributed by atoms with van der Waals surface area (Å²) in [5, 5.41) is 13.6. The molecule has 1 aliphatic heterocycles. The molecule has 1 atom stereocenters. The molecule has 40 heavy (non-hydrogen) atoms. The predicted octanol–water partition coefficient (Wildman–Crippen LogP) is 6.09. The number of carbonyl (C=O) groups excluding carboxylic acids is 2. The van der Waals surface area contributed by atoms with E-state index in [4.69, 9.17) is 18.9 Å². The molecule has 0 spiro atoms.